The Labute approximate surface area is 150 Å². The quantitative estimate of drug-likeness (QED) is 0.480. The van der Waals surface area contributed by atoms with E-state index in [0.29, 0.717) is 31.0 Å². The van der Waals surface area contributed by atoms with E-state index in [9.17, 15) is 25.2 Å². The van der Waals surface area contributed by atoms with Gasteiger partial charge in [0.25, 0.3) is 0 Å². The normalized spacial score (nSPS) is 32.5. The number of amides is 1. The van der Waals surface area contributed by atoms with Crippen LogP contribution in [0.2, 0.25) is 0 Å². The van der Waals surface area contributed by atoms with Gasteiger partial charge in [0.1, 0.15) is 36.8 Å². The summed E-state index contributed by atoms with van der Waals surface area (Å²) in [7, 11) is 0. The van der Waals surface area contributed by atoms with E-state index in [2.05, 4.69) is 0 Å². The average Bonchev–Trinajstić information content (AvgIpc) is 2.65. The van der Waals surface area contributed by atoms with Gasteiger partial charge in [-0.2, -0.15) is 0 Å². The molecule has 2 aliphatic heterocycles. The molecule has 1 amide bonds. The van der Waals surface area contributed by atoms with Crippen molar-refractivity contribution in [1.29, 1.82) is 0 Å². The maximum absolute atomic E-state index is 11.9. The minimum absolute atomic E-state index is 0.0374. The highest BCUT2D eigenvalue weighted by atomic mass is 16.7. The first-order valence-electron chi connectivity index (χ1n) is 8.42. The predicted molar refractivity (Wildman–Crippen MR) is 87.1 cm³/mol. The van der Waals surface area contributed by atoms with Crippen molar-refractivity contribution in [3.8, 4) is 5.75 Å². The van der Waals surface area contributed by atoms with Gasteiger partial charge < -0.3 is 39.5 Å². The highest BCUT2D eigenvalue weighted by Gasteiger charge is 2.44. The van der Waals surface area contributed by atoms with E-state index in [1.165, 1.54) is 0 Å². The Hall–Kier alpha value is -1.75. The fraction of sp³-hybridized carbons (Fsp3) is 0.588. The molecule has 9 nitrogen and oxygen atoms in total. The van der Waals surface area contributed by atoms with Crippen molar-refractivity contribution >= 4 is 5.91 Å². The first-order chi connectivity index (χ1) is 12.5. The van der Waals surface area contributed by atoms with Crippen LogP contribution < -0.4 is 4.74 Å². The van der Waals surface area contributed by atoms with Crippen LogP contribution in [0.1, 0.15) is 5.56 Å². The van der Waals surface area contributed by atoms with Crippen molar-refractivity contribution in [2.45, 2.75) is 37.3 Å². The summed E-state index contributed by atoms with van der Waals surface area (Å²) in [5, 5.41) is 39.1. The van der Waals surface area contributed by atoms with Crippen molar-refractivity contribution in [3.63, 3.8) is 0 Å². The lowest BCUT2D eigenvalue weighted by molar-refractivity contribution is -0.277. The number of para-hydroxylation sites is 1. The summed E-state index contributed by atoms with van der Waals surface area (Å²) >= 11 is 0. The molecule has 0 spiro atoms. The molecule has 0 bridgehead atoms. The first-order valence-corrected chi connectivity index (χ1v) is 8.42. The molecule has 0 saturated carbocycles. The molecule has 144 valence electrons. The van der Waals surface area contributed by atoms with Gasteiger partial charge in [0.05, 0.1) is 13.2 Å². The number of ether oxygens (including phenoxy) is 3. The number of aliphatic hydroxyl groups excluding tert-OH is 4. The van der Waals surface area contributed by atoms with E-state index >= 15 is 0 Å². The fourth-order valence-corrected chi connectivity index (χ4v) is 2.96. The van der Waals surface area contributed by atoms with Crippen LogP contribution in [0, 0.1) is 0 Å². The topological polar surface area (TPSA) is 129 Å². The summed E-state index contributed by atoms with van der Waals surface area (Å²) in [5.74, 6) is 0.245. The molecule has 2 saturated heterocycles. The van der Waals surface area contributed by atoms with E-state index in [-0.39, 0.29) is 12.5 Å². The summed E-state index contributed by atoms with van der Waals surface area (Å²) in [5.41, 5.74) is 0.694. The van der Waals surface area contributed by atoms with Gasteiger partial charge in [-0.1, -0.05) is 18.2 Å². The number of carbonyl (C=O) groups excluding carboxylic acids is 1. The van der Waals surface area contributed by atoms with Crippen molar-refractivity contribution in [2.24, 2.45) is 0 Å². The molecule has 0 radical (unpaired) electrons. The molecule has 0 aliphatic carbocycles. The van der Waals surface area contributed by atoms with Crippen LogP contribution in [0.15, 0.2) is 24.3 Å². The second-order valence-electron chi connectivity index (χ2n) is 6.29. The number of nitrogens with zero attached hydrogens (tertiary/aromatic N) is 1. The van der Waals surface area contributed by atoms with Crippen LogP contribution in [0.5, 0.6) is 5.75 Å². The Morgan fingerprint density at radius 3 is 2.65 bits per heavy atom. The van der Waals surface area contributed by atoms with E-state index in [1.807, 2.05) is 0 Å². The number of rotatable bonds is 5. The van der Waals surface area contributed by atoms with Crippen LogP contribution in [0.4, 0.5) is 0 Å². The maximum Gasteiger partial charge on any atom is 0.248 e. The van der Waals surface area contributed by atoms with E-state index in [1.54, 1.807) is 29.2 Å². The van der Waals surface area contributed by atoms with Crippen LogP contribution in [-0.4, -0.2) is 88.3 Å². The third kappa shape index (κ3) is 3.98. The van der Waals surface area contributed by atoms with Crippen LogP contribution in [-0.2, 0) is 20.8 Å². The molecule has 9 heteroatoms. The minimum Gasteiger partial charge on any atom is -0.462 e. The number of aliphatic hydroxyl groups is 4. The lowest BCUT2D eigenvalue weighted by atomic mass is 9.99. The zero-order valence-corrected chi connectivity index (χ0v) is 14.1. The van der Waals surface area contributed by atoms with Crippen molar-refractivity contribution in [1.82, 2.24) is 4.90 Å². The van der Waals surface area contributed by atoms with Crippen molar-refractivity contribution in [3.05, 3.63) is 29.8 Å². The van der Waals surface area contributed by atoms with Crippen LogP contribution in [0.3, 0.4) is 0 Å². The lowest BCUT2D eigenvalue weighted by Gasteiger charge is -2.39. The largest absolute Gasteiger partial charge is 0.462 e. The third-order valence-electron chi connectivity index (χ3n) is 4.51. The second-order valence-corrected chi connectivity index (χ2v) is 6.29. The van der Waals surface area contributed by atoms with Gasteiger partial charge in [0.15, 0.2) is 0 Å². The van der Waals surface area contributed by atoms with Crippen molar-refractivity contribution < 1.29 is 39.4 Å². The Kier molecular flexibility index (Phi) is 6.07. The van der Waals surface area contributed by atoms with Crippen LogP contribution in [0.25, 0.3) is 0 Å². The fourth-order valence-electron chi connectivity index (χ4n) is 2.96. The molecule has 0 aromatic heterocycles. The Balaban J connectivity index is 1.74. The summed E-state index contributed by atoms with van der Waals surface area (Å²) in [6, 6.07) is 6.95. The average molecular weight is 369 g/mol. The predicted octanol–water partition coefficient (Wildman–Crippen LogP) is -1.78. The first kappa shape index (κ1) is 19.0. The molecule has 4 N–H and O–H groups in total. The highest BCUT2D eigenvalue weighted by Crippen LogP contribution is 2.27. The molecule has 1 aromatic rings. The van der Waals surface area contributed by atoms with Crippen LogP contribution >= 0.6 is 0 Å². The number of hydrogen-bond acceptors (Lipinski definition) is 8. The zero-order valence-electron chi connectivity index (χ0n) is 14.1. The van der Waals surface area contributed by atoms with Gasteiger partial charge in [-0.3, -0.25) is 4.79 Å². The molecule has 2 fully saturated rings. The van der Waals surface area contributed by atoms with Gasteiger partial charge in [-0.15, -0.1) is 0 Å². The summed E-state index contributed by atoms with van der Waals surface area (Å²) in [4.78, 5) is 13.6. The Morgan fingerprint density at radius 1 is 1.15 bits per heavy atom. The molecule has 0 unspecified atom stereocenters. The monoisotopic (exact) mass is 369 g/mol. The minimum atomic E-state index is -1.51. The van der Waals surface area contributed by atoms with Gasteiger partial charge in [0.2, 0.25) is 12.2 Å². The van der Waals surface area contributed by atoms with E-state index in [0.717, 1.165) is 0 Å². The molecule has 1 aromatic carbocycles. The molecular weight excluding hydrogens is 346 g/mol. The number of hydrogen-bond donors (Lipinski definition) is 4. The third-order valence-corrected chi connectivity index (χ3v) is 4.51. The number of benzene rings is 1. The second kappa shape index (κ2) is 8.30. The summed E-state index contributed by atoms with van der Waals surface area (Å²) in [6.07, 6.45) is -6.78. The zero-order chi connectivity index (χ0) is 18.7. The van der Waals surface area contributed by atoms with Gasteiger partial charge >= 0.3 is 0 Å². The summed E-state index contributed by atoms with van der Waals surface area (Å²) in [6.45, 7) is 0.731. The van der Waals surface area contributed by atoms with Gasteiger partial charge in [-0.25, -0.2) is 0 Å². The number of morpholine rings is 1. The Bertz CT molecular complexity index is 625. The lowest BCUT2D eigenvalue weighted by Crippen LogP contribution is -2.60. The molecule has 3 rings (SSSR count). The molecule has 2 aliphatic rings. The van der Waals surface area contributed by atoms with E-state index < -0.39 is 37.3 Å². The molecular formula is C17H23NO8. The van der Waals surface area contributed by atoms with E-state index in [4.69, 9.17) is 14.2 Å². The SMILES string of the molecule is O=C1COCCN1Cc1ccccc1O[C@@H]1O[C@H](CO)[C@@H](O)[C@@H](O)[C@@H]1O. The number of carbonyl (C=O) groups is 1. The molecule has 26 heavy (non-hydrogen) atoms. The maximum atomic E-state index is 11.9. The standard InChI is InChI=1S/C17H23NO8/c19-8-12-14(21)15(22)16(23)17(26-12)25-11-4-2-1-3-10(11)7-18-5-6-24-9-13(18)20/h1-4,12,14-17,19,21-23H,5-9H2/t12-,14-,15-,16+,17-/m1/s1. The summed E-state index contributed by atoms with van der Waals surface area (Å²) < 4.78 is 16.2. The Morgan fingerprint density at radius 2 is 1.92 bits per heavy atom. The molecule has 2 heterocycles. The highest BCUT2D eigenvalue weighted by molar-refractivity contribution is 5.78. The smallest absolute Gasteiger partial charge is 0.248 e. The van der Waals surface area contributed by atoms with Gasteiger partial charge in [0, 0.05) is 18.7 Å². The van der Waals surface area contributed by atoms with Crippen molar-refractivity contribution in [2.75, 3.05) is 26.4 Å². The molecule has 5 atom stereocenters. The van der Waals surface area contributed by atoms with Gasteiger partial charge in [-0.05, 0) is 6.07 Å².